The summed E-state index contributed by atoms with van der Waals surface area (Å²) in [6, 6.07) is 11.5. The molecule has 0 fully saturated rings. The Morgan fingerprint density at radius 1 is 1.12 bits per heavy atom. The van der Waals surface area contributed by atoms with E-state index in [1.54, 1.807) is 18.2 Å². The zero-order valence-corrected chi connectivity index (χ0v) is 14.6. The largest absolute Gasteiger partial charge is 0.423 e. The Morgan fingerprint density at radius 3 is 2.50 bits per heavy atom. The number of nitro groups is 1. The molecule has 0 amide bonds. The van der Waals surface area contributed by atoms with E-state index in [1.165, 1.54) is 18.2 Å². The van der Waals surface area contributed by atoms with Crippen molar-refractivity contribution in [1.82, 2.24) is 0 Å². The number of nitrogen functional groups attached to an aromatic ring is 1. The summed E-state index contributed by atoms with van der Waals surface area (Å²) in [5, 5.41) is 12.0. The van der Waals surface area contributed by atoms with Gasteiger partial charge in [0.2, 0.25) is 0 Å². The first-order valence-corrected chi connectivity index (χ1v) is 8.31. The lowest BCUT2D eigenvalue weighted by Crippen LogP contribution is -2.22. The minimum atomic E-state index is -0.490. The molecule has 0 saturated heterocycles. The average Bonchev–Trinajstić information content (AvgIpc) is 2.62. The summed E-state index contributed by atoms with van der Waals surface area (Å²) in [6.07, 6.45) is 0. The van der Waals surface area contributed by atoms with E-state index in [1.807, 2.05) is 19.9 Å². The van der Waals surface area contributed by atoms with Gasteiger partial charge in [0.25, 0.3) is 5.69 Å². The molecular formula is C19H19N3O4. The predicted octanol–water partition coefficient (Wildman–Crippen LogP) is 3.80. The fraction of sp³-hybridized carbons (Fsp3) is 0.211. The van der Waals surface area contributed by atoms with Crippen LogP contribution in [-0.2, 0) is 0 Å². The number of fused-ring (bicyclic) bond motifs is 1. The van der Waals surface area contributed by atoms with Crippen LogP contribution in [0.5, 0.6) is 0 Å². The van der Waals surface area contributed by atoms with Gasteiger partial charge in [0.1, 0.15) is 11.3 Å². The minimum Gasteiger partial charge on any atom is -0.423 e. The lowest BCUT2D eigenvalue weighted by atomic mass is 9.99. The van der Waals surface area contributed by atoms with E-state index in [-0.39, 0.29) is 11.4 Å². The molecule has 26 heavy (non-hydrogen) atoms. The Labute approximate surface area is 149 Å². The van der Waals surface area contributed by atoms with E-state index < -0.39 is 10.5 Å². The van der Waals surface area contributed by atoms with E-state index >= 15 is 0 Å². The van der Waals surface area contributed by atoms with E-state index in [0.717, 1.165) is 29.7 Å². The molecule has 0 atom stereocenters. The van der Waals surface area contributed by atoms with Gasteiger partial charge in [0.15, 0.2) is 0 Å². The molecular weight excluding hydrogens is 334 g/mol. The van der Waals surface area contributed by atoms with Gasteiger partial charge in [0, 0.05) is 47.9 Å². The maximum atomic E-state index is 11.5. The summed E-state index contributed by atoms with van der Waals surface area (Å²) < 4.78 is 5.30. The van der Waals surface area contributed by atoms with Crippen molar-refractivity contribution in [3.63, 3.8) is 0 Å². The second-order valence-corrected chi connectivity index (χ2v) is 5.86. The summed E-state index contributed by atoms with van der Waals surface area (Å²) in [4.78, 5) is 24.4. The van der Waals surface area contributed by atoms with Crippen LogP contribution in [0.15, 0.2) is 51.7 Å². The molecule has 7 nitrogen and oxygen atoms in total. The van der Waals surface area contributed by atoms with Crippen LogP contribution in [0.2, 0.25) is 0 Å². The Hall–Kier alpha value is -3.35. The molecule has 0 unspecified atom stereocenters. The van der Waals surface area contributed by atoms with Gasteiger partial charge in [-0.2, -0.15) is 0 Å². The van der Waals surface area contributed by atoms with Gasteiger partial charge in [0.05, 0.1) is 4.92 Å². The molecule has 3 rings (SSSR count). The van der Waals surface area contributed by atoms with Crippen LogP contribution in [0.25, 0.3) is 22.1 Å². The van der Waals surface area contributed by atoms with Gasteiger partial charge in [-0.05, 0) is 37.6 Å². The lowest BCUT2D eigenvalue weighted by molar-refractivity contribution is -0.383. The van der Waals surface area contributed by atoms with Crippen LogP contribution < -0.4 is 16.3 Å². The number of rotatable bonds is 5. The molecule has 0 aliphatic carbocycles. The Morgan fingerprint density at radius 2 is 1.85 bits per heavy atom. The van der Waals surface area contributed by atoms with Crippen LogP contribution in [0.4, 0.5) is 17.1 Å². The molecule has 1 aromatic heterocycles. The van der Waals surface area contributed by atoms with E-state index in [9.17, 15) is 14.9 Å². The van der Waals surface area contributed by atoms with E-state index in [2.05, 4.69) is 4.90 Å². The molecule has 1 heterocycles. The normalized spacial score (nSPS) is 10.8. The molecule has 3 aromatic rings. The molecule has 0 radical (unpaired) electrons. The van der Waals surface area contributed by atoms with Crippen LogP contribution in [-0.4, -0.2) is 18.0 Å². The number of nitro benzene ring substituents is 1. The topological polar surface area (TPSA) is 103 Å². The van der Waals surface area contributed by atoms with Gasteiger partial charge >= 0.3 is 5.63 Å². The number of nitrogens with two attached hydrogens (primary N) is 1. The second kappa shape index (κ2) is 6.87. The fourth-order valence-corrected chi connectivity index (χ4v) is 3.03. The summed E-state index contributed by atoms with van der Waals surface area (Å²) in [5.41, 5.74) is 8.12. The third-order valence-electron chi connectivity index (χ3n) is 4.38. The van der Waals surface area contributed by atoms with Gasteiger partial charge in [-0.1, -0.05) is 6.07 Å². The summed E-state index contributed by atoms with van der Waals surface area (Å²) >= 11 is 0. The van der Waals surface area contributed by atoms with Crippen LogP contribution in [0, 0.1) is 10.1 Å². The molecule has 134 valence electrons. The van der Waals surface area contributed by atoms with Crippen molar-refractivity contribution in [2.75, 3.05) is 23.7 Å². The second-order valence-electron chi connectivity index (χ2n) is 5.86. The summed E-state index contributed by atoms with van der Waals surface area (Å²) in [5.74, 6) is 0. The van der Waals surface area contributed by atoms with Crippen molar-refractivity contribution in [2.24, 2.45) is 0 Å². The van der Waals surface area contributed by atoms with Crippen molar-refractivity contribution < 1.29 is 9.34 Å². The minimum absolute atomic E-state index is 0.120. The molecule has 0 bridgehead atoms. The maximum Gasteiger partial charge on any atom is 0.336 e. The molecule has 0 saturated carbocycles. The summed E-state index contributed by atoms with van der Waals surface area (Å²) in [6.45, 7) is 5.51. The lowest BCUT2D eigenvalue weighted by Gasteiger charge is -2.24. The van der Waals surface area contributed by atoms with Gasteiger partial charge < -0.3 is 15.1 Å². The van der Waals surface area contributed by atoms with Crippen LogP contribution >= 0.6 is 0 Å². The first kappa shape index (κ1) is 17.5. The fourth-order valence-electron chi connectivity index (χ4n) is 3.03. The van der Waals surface area contributed by atoms with Crippen LogP contribution in [0.1, 0.15) is 13.8 Å². The van der Waals surface area contributed by atoms with Crippen molar-refractivity contribution >= 4 is 28.0 Å². The van der Waals surface area contributed by atoms with Crippen molar-refractivity contribution in [2.45, 2.75) is 13.8 Å². The van der Waals surface area contributed by atoms with Crippen molar-refractivity contribution in [1.29, 1.82) is 0 Å². The maximum absolute atomic E-state index is 11.5. The highest BCUT2D eigenvalue weighted by molar-refractivity contribution is 5.92. The van der Waals surface area contributed by atoms with Gasteiger partial charge in [-0.25, -0.2) is 4.79 Å². The number of benzene rings is 2. The molecule has 0 aliphatic heterocycles. The highest BCUT2D eigenvalue weighted by Gasteiger charge is 2.17. The molecule has 0 aliphatic rings. The van der Waals surface area contributed by atoms with E-state index in [4.69, 9.17) is 10.2 Å². The van der Waals surface area contributed by atoms with Gasteiger partial charge in [-0.15, -0.1) is 0 Å². The number of nitrogens with zero attached hydrogens (tertiary/aromatic N) is 2. The third-order valence-corrected chi connectivity index (χ3v) is 4.38. The molecule has 2 aromatic carbocycles. The average molecular weight is 353 g/mol. The highest BCUT2D eigenvalue weighted by Crippen LogP contribution is 2.37. The zero-order chi connectivity index (χ0) is 18.8. The number of anilines is 2. The first-order valence-electron chi connectivity index (χ1n) is 8.31. The van der Waals surface area contributed by atoms with Crippen molar-refractivity contribution in [3.8, 4) is 11.1 Å². The number of hydrogen-bond donors (Lipinski definition) is 1. The predicted molar refractivity (Wildman–Crippen MR) is 103 cm³/mol. The Bertz CT molecular complexity index is 1040. The number of hydrogen-bond acceptors (Lipinski definition) is 6. The molecule has 7 heteroatoms. The Kier molecular flexibility index (Phi) is 4.62. The third kappa shape index (κ3) is 3.11. The molecule has 0 spiro atoms. The van der Waals surface area contributed by atoms with E-state index in [0.29, 0.717) is 11.1 Å². The standard InChI is InChI=1S/C19H19N3O4/c1-3-21(4-2)16-11-18-13(6-8-19(23)26-18)9-14(16)12-5-7-15(20)17(10-12)22(24)25/h5-11H,3-4,20H2,1-2H3. The summed E-state index contributed by atoms with van der Waals surface area (Å²) in [7, 11) is 0. The van der Waals surface area contributed by atoms with Crippen LogP contribution in [0.3, 0.4) is 0 Å². The highest BCUT2D eigenvalue weighted by atomic mass is 16.6. The smallest absolute Gasteiger partial charge is 0.336 e. The molecule has 2 N–H and O–H groups in total. The monoisotopic (exact) mass is 353 g/mol. The quantitative estimate of drug-likeness (QED) is 0.324. The first-order chi connectivity index (χ1) is 12.4. The van der Waals surface area contributed by atoms with Gasteiger partial charge in [-0.3, -0.25) is 10.1 Å². The SMILES string of the molecule is CCN(CC)c1cc2oc(=O)ccc2cc1-c1ccc(N)c([N+](=O)[O-])c1. The Balaban J connectivity index is 2.31. The van der Waals surface area contributed by atoms with Crippen molar-refractivity contribution in [3.05, 3.63) is 63.0 Å². The zero-order valence-electron chi connectivity index (χ0n) is 14.6.